The van der Waals surface area contributed by atoms with Gasteiger partial charge in [-0.05, 0) is 56.0 Å². The largest absolute Gasteiger partial charge is 0.490 e. The van der Waals surface area contributed by atoms with Crippen LogP contribution in [0.4, 0.5) is 5.69 Å². The number of ether oxygens (including phenoxy) is 2. The summed E-state index contributed by atoms with van der Waals surface area (Å²) in [5, 5.41) is 0. The van der Waals surface area contributed by atoms with Crippen molar-refractivity contribution in [3.05, 3.63) is 83.6 Å². The predicted molar refractivity (Wildman–Crippen MR) is 144 cm³/mol. The third kappa shape index (κ3) is 5.67. The zero-order valence-corrected chi connectivity index (χ0v) is 21.6. The fourth-order valence-electron chi connectivity index (χ4n) is 5.41. The minimum atomic E-state index is 0.234. The normalized spacial score (nSPS) is 24.5. The van der Waals surface area contributed by atoms with E-state index in [9.17, 15) is 4.79 Å². The van der Waals surface area contributed by atoms with Gasteiger partial charge >= 0.3 is 0 Å². The van der Waals surface area contributed by atoms with E-state index in [-0.39, 0.29) is 23.9 Å². The number of allylic oxidation sites excluding steroid dienone is 3. The van der Waals surface area contributed by atoms with Crippen LogP contribution in [-0.4, -0.2) is 49.1 Å². The monoisotopic (exact) mass is 486 g/mol. The van der Waals surface area contributed by atoms with Crippen LogP contribution in [0.2, 0.25) is 0 Å². The number of benzene rings is 2. The molecule has 2 aliphatic carbocycles. The number of nitrogens with zero attached hydrogens (tertiary/aromatic N) is 2. The molecule has 5 heteroatoms. The van der Waals surface area contributed by atoms with Crippen molar-refractivity contribution >= 4 is 11.5 Å². The summed E-state index contributed by atoms with van der Waals surface area (Å²) in [5.41, 5.74) is 5.74. The molecule has 2 fully saturated rings. The van der Waals surface area contributed by atoms with Crippen molar-refractivity contribution < 1.29 is 14.3 Å². The Morgan fingerprint density at radius 3 is 2.25 bits per heavy atom. The summed E-state index contributed by atoms with van der Waals surface area (Å²) in [6.07, 6.45) is 3.97. The SMILES string of the molecule is C=C(C)C1CC(=O)C(C)=C(N2CCN(c3ccc(OC4CC(OCc5ccccc5)C4)cc3)CC2)C1. The molecule has 1 unspecified atom stereocenters. The van der Waals surface area contributed by atoms with Gasteiger partial charge in [-0.2, -0.15) is 0 Å². The van der Waals surface area contributed by atoms with E-state index in [1.807, 2.05) is 32.0 Å². The minimum Gasteiger partial charge on any atom is -0.490 e. The van der Waals surface area contributed by atoms with E-state index >= 15 is 0 Å². The Morgan fingerprint density at radius 1 is 0.917 bits per heavy atom. The van der Waals surface area contributed by atoms with Crippen LogP contribution in [0.25, 0.3) is 0 Å². The standard InChI is InChI=1S/C31H38N2O3/c1-22(2)25-17-30(23(3)31(34)18-25)33-15-13-32(14-16-33)26-9-11-27(12-10-26)36-29-19-28(20-29)35-21-24-7-5-4-6-8-24/h4-12,25,28-29H,1,13-21H2,2-3H3. The second kappa shape index (κ2) is 10.9. The molecule has 0 amide bonds. The number of anilines is 1. The van der Waals surface area contributed by atoms with Gasteiger partial charge in [-0.3, -0.25) is 4.79 Å². The Bertz CT molecular complexity index is 1090. The lowest BCUT2D eigenvalue weighted by Gasteiger charge is -2.41. The van der Waals surface area contributed by atoms with E-state index in [1.54, 1.807) is 0 Å². The predicted octanol–water partition coefficient (Wildman–Crippen LogP) is 5.76. The maximum Gasteiger partial charge on any atom is 0.160 e. The van der Waals surface area contributed by atoms with Gasteiger partial charge in [-0.15, -0.1) is 0 Å². The Labute approximate surface area is 215 Å². The van der Waals surface area contributed by atoms with Gasteiger partial charge in [0.25, 0.3) is 0 Å². The summed E-state index contributed by atoms with van der Waals surface area (Å²) in [6, 6.07) is 18.8. The summed E-state index contributed by atoms with van der Waals surface area (Å²) in [6.45, 7) is 12.6. The van der Waals surface area contributed by atoms with Gasteiger partial charge in [0.05, 0.1) is 12.7 Å². The molecule has 0 spiro atoms. The Kier molecular flexibility index (Phi) is 7.47. The molecular weight excluding hydrogens is 448 g/mol. The van der Waals surface area contributed by atoms with E-state index in [4.69, 9.17) is 9.47 Å². The van der Waals surface area contributed by atoms with E-state index in [0.717, 1.165) is 62.3 Å². The third-order valence-corrected chi connectivity index (χ3v) is 7.97. The molecule has 5 rings (SSSR count). The Balaban J connectivity index is 1.07. The molecule has 2 aromatic carbocycles. The fraction of sp³-hybridized carbons (Fsp3) is 0.452. The van der Waals surface area contributed by atoms with Gasteiger partial charge in [0.1, 0.15) is 11.9 Å². The summed E-state index contributed by atoms with van der Waals surface area (Å²) in [5.74, 6) is 1.49. The van der Waals surface area contributed by atoms with Crippen LogP contribution in [0.3, 0.4) is 0 Å². The Hall–Kier alpha value is -3.05. The first kappa shape index (κ1) is 24.6. The maximum absolute atomic E-state index is 12.5. The van der Waals surface area contributed by atoms with Crippen LogP contribution in [0, 0.1) is 5.92 Å². The molecule has 1 atom stereocenters. The first-order chi connectivity index (χ1) is 17.5. The molecular formula is C31H38N2O3. The smallest absolute Gasteiger partial charge is 0.160 e. The number of ketones is 1. The van der Waals surface area contributed by atoms with Gasteiger partial charge in [0.15, 0.2) is 5.78 Å². The fourth-order valence-corrected chi connectivity index (χ4v) is 5.41. The number of Topliss-reactive ketones (excluding diaryl/α,β-unsaturated/α-hetero) is 1. The highest BCUT2D eigenvalue weighted by Gasteiger charge is 2.32. The van der Waals surface area contributed by atoms with Crippen molar-refractivity contribution in [3.63, 3.8) is 0 Å². The van der Waals surface area contributed by atoms with Gasteiger partial charge in [-0.25, -0.2) is 0 Å². The quantitative estimate of drug-likeness (QED) is 0.444. The van der Waals surface area contributed by atoms with Crippen LogP contribution in [0.1, 0.15) is 45.1 Å². The molecule has 5 nitrogen and oxygen atoms in total. The molecule has 1 heterocycles. The maximum atomic E-state index is 12.5. The summed E-state index contributed by atoms with van der Waals surface area (Å²) >= 11 is 0. The van der Waals surface area contributed by atoms with Crippen molar-refractivity contribution in [2.24, 2.45) is 5.92 Å². The van der Waals surface area contributed by atoms with E-state index in [2.05, 4.69) is 52.8 Å². The number of piperazine rings is 1. The summed E-state index contributed by atoms with van der Waals surface area (Å²) in [7, 11) is 0. The lowest BCUT2D eigenvalue weighted by atomic mass is 9.82. The summed E-state index contributed by atoms with van der Waals surface area (Å²) in [4.78, 5) is 17.4. The number of carbonyl (C=O) groups is 1. The van der Waals surface area contributed by atoms with Gasteiger partial charge in [-0.1, -0.05) is 42.5 Å². The van der Waals surface area contributed by atoms with Crippen molar-refractivity contribution in [2.75, 3.05) is 31.1 Å². The number of hydrogen-bond donors (Lipinski definition) is 0. The van der Waals surface area contributed by atoms with Crippen molar-refractivity contribution in [1.29, 1.82) is 0 Å². The van der Waals surface area contributed by atoms with Gasteiger partial charge in [0.2, 0.25) is 0 Å². The topological polar surface area (TPSA) is 42.0 Å². The zero-order chi connectivity index (χ0) is 25.1. The second-order valence-electron chi connectivity index (χ2n) is 10.5. The molecule has 0 radical (unpaired) electrons. The Morgan fingerprint density at radius 2 is 1.58 bits per heavy atom. The minimum absolute atomic E-state index is 0.234. The highest BCUT2D eigenvalue weighted by Crippen LogP contribution is 2.34. The first-order valence-electron chi connectivity index (χ1n) is 13.3. The highest BCUT2D eigenvalue weighted by molar-refractivity contribution is 5.96. The molecule has 1 saturated heterocycles. The molecule has 36 heavy (non-hydrogen) atoms. The second-order valence-corrected chi connectivity index (χ2v) is 10.5. The van der Waals surface area contributed by atoms with Gasteiger partial charge in [0, 0.05) is 62.4 Å². The lowest BCUT2D eigenvalue weighted by molar-refractivity contribution is -0.116. The van der Waals surface area contributed by atoms with Crippen LogP contribution >= 0.6 is 0 Å². The van der Waals surface area contributed by atoms with E-state index in [1.165, 1.54) is 16.9 Å². The van der Waals surface area contributed by atoms with E-state index in [0.29, 0.717) is 13.0 Å². The molecule has 0 N–H and O–H groups in total. The molecule has 1 saturated carbocycles. The van der Waals surface area contributed by atoms with Crippen LogP contribution in [-0.2, 0) is 16.1 Å². The van der Waals surface area contributed by atoms with E-state index < -0.39 is 0 Å². The molecule has 1 aliphatic heterocycles. The van der Waals surface area contributed by atoms with Crippen LogP contribution < -0.4 is 9.64 Å². The van der Waals surface area contributed by atoms with Crippen LogP contribution in [0.5, 0.6) is 5.75 Å². The lowest BCUT2D eigenvalue weighted by Crippen LogP contribution is -2.47. The highest BCUT2D eigenvalue weighted by atomic mass is 16.5. The molecule has 3 aliphatic rings. The average Bonchev–Trinajstić information content (AvgIpc) is 2.88. The van der Waals surface area contributed by atoms with Gasteiger partial charge < -0.3 is 19.3 Å². The molecule has 0 bridgehead atoms. The number of rotatable bonds is 8. The number of carbonyl (C=O) groups excluding carboxylic acids is 1. The number of hydrogen-bond acceptors (Lipinski definition) is 5. The zero-order valence-electron chi connectivity index (χ0n) is 21.6. The van der Waals surface area contributed by atoms with Crippen molar-refractivity contribution in [3.8, 4) is 5.75 Å². The molecule has 2 aromatic rings. The molecule has 0 aromatic heterocycles. The third-order valence-electron chi connectivity index (χ3n) is 7.97. The van der Waals surface area contributed by atoms with Crippen molar-refractivity contribution in [2.45, 2.75) is 58.3 Å². The average molecular weight is 487 g/mol. The summed E-state index contributed by atoms with van der Waals surface area (Å²) < 4.78 is 12.2. The van der Waals surface area contributed by atoms with Crippen LogP contribution in [0.15, 0.2) is 78.0 Å². The molecule has 190 valence electrons. The van der Waals surface area contributed by atoms with Crippen molar-refractivity contribution in [1.82, 2.24) is 4.90 Å². The first-order valence-corrected chi connectivity index (χ1v) is 13.3.